The van der Waals surface area contributed by atoms with Gasteiger partial charge in [0.15, 0.2) is 9.84 Å². The molecule has 0 radical (unpaired) electrons. The van der Waals surface area contributed by atoms with E-state index in [1.54, 1.807) is 4.90 Å². The van der Waals surface area contributed by atoms with Gasteiger partial charge in [0.25, 0.3) is 0 Å². The third-order valence-corrected chi connectivity index (χ3v) is 5.95. The van der Waals surface area contributed by atoms with Gasteiger partial charge in [0.2, 0.25) is 5.91 Å². The van der Waals surface area contributed by atoms with E-state index in [-0.39, 0.29) is 10.8 Å². The minimum atomic E-state index is -3.81. The molecule has 21 heavy (non-hydrogen) atoms. The van der Waals surface area contributed by atoms with E-state index in [0.29, 0.717) is 19.6 Å². The maximum absolute atomic E-state index is 12.9. The Balaban J connectivity index is 2.16. The van der Waals surface area contributed by atoms with Crippen molar-refractivity contribution in [3.8, 4) is 0 Å². The normalized spacial score (nSPS) is 20.5. The van der Waals surface area contributed by atoms with Gasteiger partial charge in [-0.15, -0.1) is 0 Å². The summed E-state index contributed by atoms with van der Waals surface area (Å²) in [6, 6.07) is 4.51. The van der Waals surface area contributed by atoms with Crippen molar-refractivity contribution in [2.24, 2.45) is 11.7 Å². The highest BCUT2D eigenvalue weighted by Gasteiger charge is 2.35. The molecule has 1 aromatic rings. The average molecular weight is 314 g/mol. The molecule has 0 aromatic heterocycles. The molecule has 1 saturated heterocycles. The van der Waals surface area contributed by atoms with E-state index in [4.69, 9.17) is 5.73 Å². The maximum atomic E-state index is 12.9. The SMILES string of the molecule is C[C@H](C(=O)N1CC[C@H](CN)C1)S(=O)(=O)c1ccc(F)cc1. The van der Waals surface area contributed by atoms with E-state index in [1.165, 1.54) is 19.1 Å². The zero-order valence-corrected chi connectivity index (χ0v) is 12.6. The van der Waals surface area contributed by atoms with E-state index >= 15 is 0 Å². The fraction of sp³-hybridized carbons (Fsp3) is 0.500. The van der Waals surface area contributed by atoms with Crippen LogP contribution >= 0.6 is 0 Å². The minimum Gasteiger partial charge on any atom is -0.341 e. The first-order valence-electron chi connectivity index (χ1n) is 6.84. The Bertz CT molecular complexity index is 616. The Labute approximate surface area is 123 Å². The summed E-state index contributed by atoms with van der Waals surface area (Å²) in [4.78, 5) is 13.8. The second-order valence-electron chi connectivity index (χ2n) is 5.32. The van der Waals surface area contributed by atoms with Crippen molar-refractivity contribution in [1.82, 2.24) is 4.90 Å². The lowest BCUT2D eigenvalue weighted by atomic mass is 10.1. The molecule has 1 aromatic carbocycles. The molecule has 116 valence electrons. The highest BCUT2D eigenvalue weighted by Crippen LogP contribution is 2.21. The molecule has 2 atom stereocenters. The van der Waals surface area contributed by atoms with Gasteiger partial charge in [-0.1, -0.05) is 0 Å². The summed E-state index contributed by atoms with van der Waals surface area (Å²) < 4.78 is 37.7. The average Bonchev–Trinajstić information content (AvgIpc) is 2.95. The smallest absolute Gasteiger partial charge is 0.241 e. The summed E-state index contributed by atoms with van der Waals surface area (Å²) in [6.45, 7) is 2.89. The van der Waals surface area contributed by atoms with Crippen molar-refractivity contribution >= 4 is 15.7 Å². The molecule has 1 fully saturated rings. The molecule has 1 aliphatic rings. The van der Waals surface area contributed by atoms with Crippen molar-refractivity contribution in [3.63, 3.8) is 0 Å². The van der Waals surface area contributed by atoms with Crippen LogP contribution in [0.25, 0.3) is 0 Å². The van der Waals surface area contributed by atoms with Gasteiger partial charge in [-0.2, -0.15) is 0 Å². The molecule has 1 amide bonds. The quantitative estimate of drug-likeness (QED) is 0.834. The number of likely N-dealkylation sites (tertiary alicyclic amines) is 1. The predicted molar refractivity (Wildman–Crippen MR) is 76.8 cm³/mol. The van der Waals surface area contributed by atoms with Gasteiger partial charge in [-0.05, 0) is 50.1 Å². The van der Waals surface area contributed by atoms with Crippen LogP contribution in [-0.4, -0.2) is 44.1 Å². The van der Waals surface area contributed by atoms with E-state index in [0.717, 1.165) is 18.6 Å². The Morgan fingerprint density at radius 3 is 2.57 bits per heavy atom. The van der Waals surface area contributed by atoms with Crippen molar-refractivity contribution in [1.29, 1.82) is 0 Å². The molecule has 7 heteroatoms. The Morgan fingerprint density at radius 2 is 2.05 bits per heavy atom. The van der Waals surface area contributed by atoms with Gasteiger partial charge < -0.3 is 10.6 Å². The number of benzene rings is 1. The second-order valence-corrected chi connectivity index (χ2v) is 7.58. The van der Waals surface area contributed by atoms with Gasteiger partial charge in [0, 0.05) is 13.1 Å². The van der Waals surface area contributed by atoms with Crippen LogP contribution in [0, 0.1) is 11.7 Å². The summed E-state index contributed by atoms with van der Waals surface area (Å²) >= 11 is 0. The molecule has 1 heterocycles. The van der Waals surface area contributed by atoms with Crippen molar-refractivity contribution in [2.75, 3.05) is 19.6 Å². The number of sulfone groups is 1. The fourth-order valence-corrected chi connectivity index (χ4v) is 3.78. The summed E-state index contributed by atoms with van der Waals surface area (Å²) in [6.07, 6.45) is 0.797. The molecule has 2 N–H and O–H groups in total. The standard InChI is InChI=1S/C14H19FN2O3S/c1-10(14(18)17-7-6-11(8-16)9-17)21(19,20)13-4-2-12(15)3-5-13/h2-5,10-11H,6-9,16H2,1H3/t10-,11-/m1/s1. The first-order valence-corrected chi connectivity index (χ1v) is 8.39. The molecular weight excluding hydrogens is 295 g/mol. The lowest BCUT2D eigenvalue weighted by molar-refractivity contribution is -0.129. The van der Waals surface area contributed by atoms with Gasteiger partial charge in [-0.25, -0.2) is 12.8 Å². The third-order valence-electron chi connectivity index (χ3n) is 3.89. The largest absolute Gasteiger partial charge is 0.341 e. The summed E-state index contributed by atoms with van der Waals surface area (Å²) in [5.41, 5.74) is 5.57. The van der Waals surface area contributed by atoms with E-state index in [2.05, 4.69) is 0 Å². The molecular formula is C14H19FN2O3S. The number of halogens is 1. The number of hydrogen-bond donors (Lipinski definition) is 1. The first kappa shape index (κ1) is 15.9. The van der Waals surface area contributed by atoms with Crippen molar-refractivity contribution < 1.29 is 17.6 Å². The highest BCUT2D eigenvalue weighted by molar-refractivity contribution is 7.92. The van der Waals surface area contributed by atoms with Gasteiger partial charge in [-0.3, -0.25) is 4.79 Å². The van der Waals surface area contributed by atoms with Gasteiger partial charge >= 0.3 is 0 Å². The Kier molecular flexibility index (Phi) is 4.63. The number of nitrogens with two attached hydrogens (primary N) is 1. The fourth-order valence-electron chi connectivity index (χ4n) is 2.44. The van der Waals surface area contributed by atoms with Crippen LogP contribution in [-0.2, 0) is 14.6 Å². The van der Waals surface area contributed by atoms with Gasteiger partial charge in [0.1, 0.15) is 11.1 Å². The van der Waals surface area contributed by atoms with Crippen LogP contribution in [0.2, 0.25) is 0 Å². The summed E-state index contributed by atoms with van der Waals surface area (Å²) in [5, 5.41) is -1.18. The summed E-state index contributed by atoms with van der Waals surface area (Å²) in [5.74, 6) is -0.705. The zero-order chi connectivity index (χ0) is 15.6. The van der Waals surface area contributed by atoms with E-state index in [9.17, 15) is 17.6 Å². The lowest BCUT2D eigenvalue weighted by Gasteiger charge is -2.21. The van der Waals surface area contributed by atoms with Crippen LogP contribution in [0.4, 0.5) is 4.39 Å². The van der Waals surface area contributed by atoms with Crippen LogP contribution < -0.4 is 5.73 Å². The monoisotopic (exact) mass is 314 g/mol. The van der Waals surface area contributed by atoms with Crippen LogP contribution in [0.3, 0.4) is 0 Å². The molecule has 0 spiro atoms. The van der Waals surface area contributed by atoms with Crippen molar-refractivity contribution in [3.05, 3.63) is 30.1 Å². The van der Waals surface area contributed by atoms with Crippen LogP contribution in [0.15, 0.2) is 29.2 Å². The number of carbonyl (C=O) groups excluding carboxylic acids is 1. The zero-order valence-electron chi connectivity index (χ0n) is 11.8. The molecule has 1 aliphatic heterocycles. The Hall–Kier alpha value is -1.47. The number of rotatable bonds is 4. The first-order chi connectivity index (χ1) is 9.86. The van der Waals surface area contributed by atoms with Crippen molar-refractivity contribution in [2.45, 2.75) is 23.5 Å². The molecule has 5 nitrogen and oxygen atoms in total. The number of carbonyl (C=O) groups is 1. The number of nitrogens with zero attached hydrogens (tertiary/aromatic N) is 1. The predicted octanol–water partition coefficient (Wildman–Crippen LogP) is 0.795. The third kappa shape index (κ3) is 3.24. The van der Waals surface area contributed by atoms with Crippen LogP contribution in [0.5, 0.6) is 0 Å². The molecule has 0 aliphatic carbocycles. The van der Waals surface area contributed by atoms with E-state index in [1.807, 2.05) is 0 Å². The molecule has 2 rings (SSSR count). The number of amides is 1. The Morgan fingerprint density at radius 1 is 1.43 bits per heavy atom. The molecule has 0 bridgehead atoms. The van der Waals surface area contributed by atoms with E-state index < -0.39 is 26.8 Å². The summed E-state index contributed by atoms with van der Waals surface area (Å²) in [7, 11) is -3.81. The maximum Gasteiger partial charge on any atom is 0.241 e. The van der Waals surface area contributed by atoms with Gasteiger partial charge in [0.05, 0.1) is 4.90 Å². The molecule has 0 saturated carbocycles. The lowest BCUT2D eigenvalue weighted by Crippen LogP contribution is -2.40. The highest BCUT2D eigenvalue weighted by atomic mass is 32.2. The number of hydrogen-bond acceptors (Lipinski definition) is 4. The van der Waals surface area contributed by atoms with Crippen LogP contribution in [0.1, 0.15) is 13.3 Å². The molecule has 0 unspecified atom stereocenters. The minimum absolute atomic E-state index is 0.0423. The second kappa shape index (κ2) is 6.11. The topological polar surface area (TPSA) is 80.5 Å².